The van der Waals surface area contributed by atoms with Crippen molar-refractivity contribution in [3.05, 3.63) is 64.2 Å². The first-order valence-corrected chi connectivity index (χ1v) is 10.4. The van der Waals surface area contributed by atoms with Gasteiger partial charge >= 0.3 is 5.69 Å². The molecule has 0 atom stereocenters. The van der Waals surface area contributed by atoms with E-state index in [2.05, 4.69) is 15.6 Å². The molecule has 3 rings (SSSR count). The van der Waals surface area contributed by atoms with Crippen molar-refractivity contribution in [2.24, 2.45) is 0 Å². The van der Waals surface area contributed by atoms with Crippen molar-refractivity contribution in [3.8, 4) is 5.75 Å². The van der Waals surface area contributed by atoms with Gasteiger partial charge in [0.1, 0.15) is 11.4 Å². The van der Waals surface area contributed by atoms with Crippen LogP contribution in [0.4, 0.5) is 17.2 Å². The second-order valence-corrected chi connectivity index (χ2v) is 9.16. The molecule has 3 N–H and O–H groups in total. The quantitative estimate of drug-likeness (QED) is 0.326. The van der Waals surface area contributed by atoms with Crippen LogP contribution in [-0.4, -0.2) is 39.8 Å². The highest BCUT2D eigenvalue weighted by atomic mass is 16.6. The molecule has 0 spiro atoms. The second kappa shape index (κ2) is 9.00. The number of nitrogens with zero attached hydrogens (tertiary/aromatic N) is 2. The largest absolute Gasteiger partial charge is 0.497 e. The van der Waals surface area contributed by atoms with E-state index in [0.717, 1.165) is 11.3 Å². The third kappa shape index (κ3) is 5.64. The van der Waals surface area contributed by atoms with Gasteiger partial charge in [-0.3, -0.25) is 10.1 Å². The van der Waals surface area contributed by atoms with E-state index >= 15 is 0 Å². The van der Waals surface area contributed by atoms with E-state index < -0.39 is 16.1 Å². The Kier molecular flexibility index (Phi) is 6.55. The van der Waals surface area contributed by atoms with Crippen molar-refractivity contribution in [2.75, 3.05) is 24.3 Å². The number of anilines is 2. The molecule has 1 heterocycles. The Morgan fingerprint density at radius 1 is 1.09 bits per heavy atom. The second-order valence-electron chi connectivity index (χ2n) is 9.16. The Balaban J connectivity index is 2.02. The van der Waals surface area contributed by atoms with Crippen molar-refractivity contribution < 1.29 is 14.8 Å². The summed E-state index contributed by atoms with van der Waals surface area (Å²) in [6, 6.07) is 15.0. The van der Waals surface area contributed by atoms with E-state index in [1.165, 1.54) is 0 Å². The number of hydrogen-bond donors (Lipinski definition) is 3. The summed E-state index contributed by atoms with van der Waals surface area (Å²) >= 11 is 0. The van der Waals surface area contributed by atoms with Crippen molar-refractivity contribution in [3.63, 3.8) is 0 Å². The van der Waals surface area contributed by atoms with Gasteiger partial charge in [-0.15, -0.1) is 0 Å². The van der Waals surface area contributed by atoms with Crippen LogP contribution in [0.25, 0.3) is 10.9 Å². The molecule has 2 aromatic carbocycles. The molecule has 3 aromatic rings. The molecule has 0 fully saturated rings. The highest BCUT2D eigenvalue weighted by Crippen LogP contribution is 2.39. The minimum Gasteiger partial charge on any atom is -0.497 e. The zero-order valence-corrected chi connectivity index (χ0v) is 19.1. The number of nitrogens with one attached hydrogen (secondary N) is 2. The van der Waals surface area contributed by atoms with Crippen molar-refractivity contribution >= 4 is 28.1 Å². The molecule has 0 amide bonds. The van der Waals surface area contributed by atoms with Gasteiger partial charge in [-0.2, -0.15) is 0 Å². The SMILES string of the molecule is COc1ccc(CC(C)(C)Nc2nc3ccccc3c(NCC(C)(C)O)c2[N+](=O)[O-])cc1. The van der Waals surface area contributed by atoms with E-state index in [-0.39, 0.29) is 18.1 Å². The first-order valence-electron chi connectivity index (χ1n) is 10.4. The van der Waals surface area contributed by atoms with Crippen molar-refractivity contribution in [2.45, 2.75) is 45.3 Å². The van der Waals surface area contributed by atoms with Gasteiger partial charge < -0.3 is 20.5 Å². The Labute approximate surface area is 187 Å². The molecular weight excluding hydrogens is 408 g/mol. The van der Waals surface area contributed by atoms with Gasteiger partial charge in [0.15, 0.2) is 0 Å². The number of aliphatic hydroxyl groups is 1. The van der Waals surface area contributed by atoms with Crippen LogP contribution in [0.15, 0.2) is 48.5 Å². The van der Waals surface area contributed by atoms with Gasteiger partial charge in [0.25, 0.3) is 0 Å². The maximum Gasteiger partial charge on any atom is 0.334 e. The zero-order chi connectivity index (χ0) is 23.5. The molecule has 8 heteroatoms. The van der Waals surface area contributed by atoms with Crippen LogP contribution in [0, 0.1) is 10.1 Å². The van der Waals surface area contributed by atoms with E-state index in [4.69, 9.17) is 4.74 Å². The molecule has 0 aliphatic heterocycles. The number of nitro groups is 1. The predicted molar refractivity (Wildman–Crippen MR) is 128 cm³/mol. The van der Waals surface area contributed by atoms with E-state index in [0.29, 0.717) is 23.0 Å². The molecule has 0 bridgehead atoms. The summed E-state index contributed by atoms with van der Waals surface area (Å²) in [5, 5.41) is 29.3. The van der Waals surface area contributed by atoms with E-state index in [9.17, 15) is 15.2 Å². The summed E-state index contributed by atoms with van der Waals surface area (Å²) in [5.74, 6) is 0.958. The van der Waals surface area contributed by atoms with E-state index in [1.807, 2.05) is 56.3 Å². The molecule has 0 aliphatic rings. The normalized spacial score (nSPS) is 11.9. The number of fused-ring (bicyclic) bond motifs is 1. The lowest BCUT2D eigenvalue weighted by Gasteiger charge is -2.28. The Bertz CT molecular complexity index is 1110. The number of hydrogen-bond acceptors (Lipinski definition) is 7. The third-order valence-electron chi connectivity index (χ3n) is 5.01. The lowest BCUT2D eigenvalue weighted by atomic mass is 9.94. The molecule has 1 aromatic heterocycles. The maximum absolute atomic E-state index is 12.1. The van der Waals surface area contributed by atoms with Gasteiger partial charge in [-0.05, 0) is 57.9 Å². The molecular formula is C24H30N4O4. The van der Waals surface area contributed by atoms with Gasteiger partial charge in [-0.1, -0.05) is 30.3 Å². The number of ether oxygens (including phenoxy) is 1. The first-order chi connectivity index (χ1) is 15.0. The number of benzene rings is 2. The monoisotopic (exact) mass is 438 g/mol. The van der Waals surface area contributed by atoms with Gasteiger partial charge in [0.2, 0.25) is 5.82 Å². The van der Waals surface area contributed by atoms with Crippen LogP contribution in [0.2, 0.25) is 0 Å². The minimum absolute atomic E-state index is 0.143. The number of rotatable bonds is 9. The number of methoxy groups -OCH3 is 1. The van der Waals surface area contributed by atoms with Gasteiger partial charge in [-0.25, -0.2) is 4.98 Å². The summed E-state index contributed by atoms with van der Waals surface area (Å²) in [7, 11) is 1.62. The molecule has 0 unspecified atom stereocenters. The fraction of sp³-hybridized carbons (Fsp3) is 0.375. The lowest BCUT2D eigenvalue weighted by Crippen LogP contribution is -2.34. The third-order valence-corrected chi connectivity index (χ3v) is 5.01. The molecule has 0 aliphatic carbocycles. The Morgan fingerprint density at radius 2 is 1.75 bits per heavy atom. The maximum atomic E-state index is 12.1. The minimum atomic E-state index is -1.04. The highest BCUT2D eigenvalue weighted by molar-refractivity contribution is 5.99. The fourth-order valence-electron chi connectivity index (χ4n) is 3.57. The summed E-state index contributed by atoms with van der Waals surface area (Å²) in [4.78, 5) is 16.3. The first kappa shape index (κ1) is 23.3. The number of pyridine rings is 1. The average molecular weight is 439 g/mol. The van der Waals surface area contributed by atoms with Gasteiger partial charge in [0, 0.05) is 17.5 Å². The molecule has 0 saturated carbocycles. The van der Waals surface area contributed by atoms with Crippen LogP contribution in [0.3, 0.4) is 0 Å². The van der Waals surface area contributed by atoms with Crippen LogP contribution in [-0.2, 0) is 6.42 Å². The molecule has 0 radical (unpaired) electrons. The van der Waals surface area contributed by atoms with Gasteiger partial charge in [0.05, 0.1) is 23.2 Å². The average Bonchev–Trinajstić information content (AvgIpc) is 2.70. The van der Waals surface area contributed by atoms with Crippen LogP contribution >= 0.6 is 0 Å². The van der Waals surface area contributed by atoms with Crippen molar-refractivity contribution in [1.82, 2.24) is 4.98 Å². The summed E-state index contributed by atoms with van der Waals surface area (Å²) < 4.78 is 5.21. The summed E-state index contributed by atoms with van der Waals surface area (Å²) in [6.45, 7) is 7.39. The molecule has 8 nitrogen and oxygen atoms in total. The summed E-state index contributed by atoms with van der Waals surface area (Å²) in [6.07, 6.45) is 0.620. The standard InChI is InChI=1S/C24H30N4O4/c1-23(2,14-16-10-12-17(32-5)13-11-16)27-22-21(28(30)31)20(25-15-24(3,4)29)18-8-6-7-9-19(18)26-22/h6-13,29H,14-15H2,1-5H3,(H2,25,26,27). The molecule has 170 valence electrons. The Morgan fingerprint density at radius 3 is 2.34 bits per heavy atom. The smallest absolute Gasteiger partial charge is 0.334 e. The predicted octanol–water partition coefficient (Wildman–Crippen LogP) is 4.77. The van der Waals surface area contributed by atoms with Crippen molar-refractivity contribution in [1.29, 1.82) is 0 Å². The van der Waals surface area contributed by atoms with Crippen LogP contribution < -0.4 is 15.4 Å². The topological polar surface area (TPSA) is 110 Å². The van der Waals surface area contributed by atoms with E-state index in [1.54, 1.807) is 27.0 Å². The van der Waals surface area contributed by atoms with Crippen LogP contribution in [0.5, 0.6) is 5.75 Å². The van der Waals surface area contributed by atoms with Crippen LogP contribution in [0.1, 0.15) is 33.3 Å². The summed E-state index contributed by atoms with van der Waals surface area (Å²) in [5.41, 5.74) is 0.314. The highest BCUT2D eigenvalue weighted by Gasteiger charge is 2.30. The molecule has 0 saturated heterocycles. The zero-order valence-electron chi connectivity index (χ0n) is 19.1. The Hall–Kier alpha value is -3.39. The number of aromatic nitrogens is 1. The number of para-hydroxylation sites is 1. The molecule has 32 heavy (non-hydrogen) atoms. The fourth-order valence-corrected chi connectivity index (χ4v) is 3.57. The lowest BCUT2D eigenvalue weighted by molar-refractivity contribution is -0.383.